The van der Waals surface area contributed by atoms with E-state index in [4.69, 9.17) is 9.47 Å². The first kappa shape index (κ1) is 25.6. The molecule has 2 aliphatic rings. The van der Waals surface area contributed by atoms with Crippen LogP contribution in [0.5, 0.6) is 0 Å². The molecule has 0 radical (unpaired) electrons. The molecule has 1 aromatic carbocycles. The number of hydrogen-bond acceptors (Lipinski definition) is 5. The molecule has 184 valence electrons. The molecule has 1 saturated carbocycles. The van der Waals surface area contributed by atoms with Gasteiger partial charge in [-0.05, 0) is 70.1 Å². The highest BCUT2D eigenvalue weighted by Gasteiger charge is 2.53. The highest BCUT2D eigenvalue weighted by molar-refractivity contribution is 5.81. The van der Waals surface area contributed by atoms with Crippen molar-refractivity contribution >= 4 is 18.0 Å². The van der Waals surface area contributed by atoms with Crippen LogP contribution in [0.25, 0.3) is 0 Å². The van der Waals surface area contributed by atoms with E-state index in [1.54, 1.807) is 9.80 Å². The number of carbonyl (C=O) groups is 3. The molecule has 2 fully saturated rings. The van der Waals surface area contributed by atoms with Crippen molar-refractivity contribution in [2.45, 2.75) is 70.9 Å². The Morgan fingerprint density at radius 1 is 1.18 bits per heavy atom. The number of esters is 1. The first-order chi connectivity index (χ1) is 16.3. The first-order valence-corrected chi connectivity index (χ1v) is 12.3. The normalized spacial score (nSPS) is 23.4. The number of rotatable bonds is 6. The van der Waals surface area contributed by atoms with Crippen LogP contribution in [0.15, 0.2) is 24.3 Å². The average Bonchev–Trinajstić information content (AvgIpc) is 3.27. The molecule has 1 heterocycles. The van der Waals surface area contributed by atoms with Gasteiger partial charge < -0.3 is 19.3 Å². The largest absolute Gasteiger partial charge is 0.453 e. The van der Waals surface area contributed by atoms with Crippen LogP contribution in [0.4, 0.5) is 4.79 Å². The van der Waals surface area contributed by atoms with Crippen LogP contribution in [0.3, 0.4) is 0 Å². The molecule has 7 heteroatoms. The van der Waals surface area contributed by atoms with Crippen LogP contribution in [0, 0.1) is 24.7 Å². The number of aryl methyl sites for hydroxylation is 1. The van der Waals surface area contributed by atoms with E-state index in [-0.39, 0.29) is 36.8 Å². The van der Waals surface area contributed by atoms with Gasteiger partial charge in [-0.2, -0.15) is 0 Å². The summed E-state index contributed by atoms with van der Waals surface area (Å²) in [7, 11) is 1.39. The van der Waals surface area contributed by atoms with Crippen molar-refractivity contribution < 1.29 is 23.9 Å². The molecule has 0 spiro atoms. The molecular formula is C27H36N2O5. The van der Waals surface area contributed by atoms with Crippen molar-refractivity contribution in [3.05, 3.63) is 35.4 Å². The third kappa shape index (κ3) is 5.72. The summed E-state index contributed by atoms with van der Waals surface area (Å²) in [5.74, 6) is 5.99. The maximum atomic E-state index is 13.0. The number of carbonyl (C=O) groups excluding carboxylic acids is 3. The van der Waals surface area contributed by atoms with Crippen molar-refractivity contribution in [2.24, 2.45) is 5.92 Å². The minimum absolute atomic E-state index is 0.0152. The molecule has 3 rings (SSSR count). The van der Waals surface area contributed by atoms with Gasteiger partial charge in [0, 0.05) is 43.6 Å². The summed E-state index contributed by atoms with van der Waals surface area (Å²) in [4.78, 5) is 41.2. The Kier molecular flexibility index (Phi) is 8.60. The van der Waals surface area contributed by atoms with Crippen molar-refractivity contribution in [3.8, 4) is 11.8 Å². The Morgan fingerprint density at radius 3 is 2.62 bits per heavy atom. The molecule has 0 bridgehead atoms. The van der Waals surface area contributed by atoms with Gasteiger partial charge in [0.25, 0.3) is 0 Å². The average molecular weight is 469 g/mol. The van der Waals surface area contributed by atoms with Crippen molar-refractivity contribution in [1.29, 1.82) is 0 Å². The standard InChI is InChI=1S/C27H36N2O5/c1-5-28(6-2)24(30)12-13-25(31)34-27(17-14-21-10-7-9-20(3)19-21)16-8-11-23-22(27)15-18-29(23)26(32)33-4/h7,9-10,19,22-23H,5-6,8,11-13,15-16,18H2,1-4H3. The highest BCUT2D eigenvalue weighted by atomic mass is 16.6. The zero-order chi connectivity index (χ0) is 24.7. The zero-order valence-electron chi connectivity index (χ0n) is 20.8. The molecule has 0 N–H and O–H groups in total. The van der Waals surface area contributed by atoms with Gasteiger partial charge in [-0.1, -0.05) is 18.1 Å². The molecule has 7 nitrogen and oxygen atoms in total. The van der Waals surface area contributed by atoms with Crippen molar-refractivity contribution in [1.82, 2.24) is 9.80 Å². The number of hydrogen-bond donors (Lipinski definition) is 0. The fraction of sp³-hybridized carbons (Fsp3) is 0.593. The Labute approximate surface area is 202 Å². The molecule has 1 aromatic rings. The summed E-state index contributed by atoms with van der Waals surface area (Å²) in [5, 5.41) is 0. The molecule has 3 unspecified atom stereocenters. The van der Waals surface area contributed by atoms with E-state index in [0.29, 0.717) is 32.5 Å². The smallest absolute Gasteiger partial charge is 0.409 e. The fourth-order valence-corrected chi connectivity index (χ4v) is 5.26. The summed E-state index contributed by atoms with van der Waals surface area (Å²) >= 11 is 0. The van der Waals surface area contributed by atoms with E-state index >= 15 is 0 Å². The molecule has 1 saturated heterocycles. The van der Waals surface area contributed by atoms with Crippen LogP contribution >= 0.6 is 0 Å². The Hall–Kier alpha value is -3.01. The first-order valence-electron chi connectivity index (χ1n) is 12.3. The minimum atomic E-state index is -0.995. The number of fused-ring (bicyclic) bond motifs is 1. The number of benzene rings is 1. The van der Waals surface area contributed by atoms with Gasteiger partial charge in [0.05, 0.1) is 13.5 Å². The molecule has 34 heavy (non-hydrogen) atoms. The van der Waals surface area contributed by atoms with Crippen LogP contribution in [0.1, 0.15) is 63.5 Å². The third-order valence-electron chi connectivity index (χ3n) is 6.99. The second-order valence-electron chi connectivity index (χ2n) is 9.07. The minimum Gasteiger partial charge on any atom is -0.453 e. The van der Waals surface area contributed by atoms with Gasteiger partial charge in [-0.15, -0.1) is 0 Å². The molecule has 1 aliphatic carbocycles. The van der Waals surface area contributed by atoms with Gasteiger partial charge in [0.15, 0.2) is 5.60 Å². The number of likely N-dealkylation sites (tertiary alicyclic amines) is 1. The van der Waals surface area contributed by atoms with Gasteiger partial charge >= 0.3 is 12.1 Å². The molecular weight excluding hydrogens is 432 g/mol. The van der Waals surface area contributed by atoms with E-state index in [0.717, 1.165) is 24.0 Å². The SMILES string of the molecule is CCN(CC)C(=O)CCC(=O)OC1(C#Cc2cccc(C)c2)CCCC2C1CCN2C(=O)OC. The third-order valence-corrected chi connectivity index (χ3v) is 6.99. The van der Waals surface area contributed by atoms with Crippen LogP contribution in [-0.2, 0) is 19.1 Å². The lowest BCUT2D eigenvalue weighted by Gasteiger charge is -2.42. The van der Waals surface area contributed by atoms with E-state index in [1.165, 1.54) is 7.11 Å². The summed E-state index contributed by atoms with van der Waals surface area (Å²) in [5.41, 5.74) is 0.967. The molecule has 1 aliphatic heterocycles. The maximum absolute atomic E-state index is 13.0. The second-order valence-corrected chi connectivity index (χ2v) is 9.07. The summed E-state index contributed by atoms with van der Waals surface area (Å²) in [6, 6.07) is 7.82. The summed E-state index contributed by atoms with van der Waals surface area (Å²) < 4.78 is 11.1. The second kappa shape index (κ2) is 11.4. The molecule has 3 atom stereocenters. The van der Waals surface area contributed by atoms with E-state index in [2.05, 4.69) is 11.8 Å². The van der Waals surface area contributed by atoms with E-state index in [1.807, 2.05) is 45.0 Å². The predicted molar refractivity (Wildman–Crippen MR) is 129 cm³/mol. The number of nitrogens with zero attached hydrogens (tertiary/aromatic N) is 2. The number of amides is 2. The zero-order valence-corrected chi connectivity index (χ0v) is 20.8. The quantitative estimate of drug-likeness (QED) is 0.467. The van der Waals surface area contributed by atoms with Crippen LogP contribution < -0.4 is 0 Å². The molecule has 0 aromatic heterocycles. The van der Waals surface area contributed by atoms with Crippen LogP contribution in [-0.4, -0.2) is 66.2 Å². The van der Waals surface area contributed by atoms with Gasteiger partial charge in [0.1, 0.15) is 0 Å². The number of ether oxygens (including phenoxy) is 2. The lowest BCUT2D eigenvalue weighted by Crippen LogP contribution is -2.51. The number of methoxy groups -OCH3 is 1. The van der Waals surface area contributed by atoms with Gasteiger partial charge in [-0.3, -0.25) is 9.59 Å². The van der Waals surface area contributed by atoms with E-state index < -0.39 is 11.6 Å². The topological polar surface area (TPSA) is 76.2 Å². The highest BCUT2D eigenvalue weighted by Crippen LogP contribution is 2.45. The lowest BCUT2D eigenvalue weighted by molar-refractivity contribution is -0.163. The Balaban J connectivity index is 1.85. The van der Waals surface area contributed by atoms with Crippen molar-refractivity contribution in [3.63, 3.8) is 0 Å². The van der Waals surface area contributed by atoms with Gasteiger partial charge in [0.2, 0.25) is 5.91 Å². The van der Waals surface area contributed by atoms with Crippen molar-refractivity contribution in [2.75, 3.05) is 26.7 Å². The van der Waals surface area contributed by atoms with Crippen LogP contribution in [0.2, 0.25) is 0 Å². The predicted octanol–water partition coefficient (Wildman–Crippen LogP) is 3.92. The lowest BCUT2D eigenvalue weighted by atomic mass is 9.72. The Bertz CT molecular complexity index is 961. The Morgan fingerprint density at radius 2 is 1.94 bits per heavy atom. The fourth-order valence-electron chi connectivity index (χ4n) is 5.26. The summed E-state index contributed by atoms with van der Waals surface area (Å²) in [6.45, 7) is 7.63. The van der Waals surface area contributed by atoms with E-state index in [9.17, 15) is 14.4 Å². The molecule has 2 amide bonds. The van der Waals surface area contributed by atoms with Gasteiger partial charge in [-0.25, -0.2) is 4.79 Å². The summed E-state index contributed by atoms with van der Waals surface area (Å²) in [6.07, 6.45) is 2.68. The maximum Gasteiger partial charge on any atom is 0.409 e. The monoisotopic (exact) mass is 468 g/mol.